The third kappa shape index (κ3) is 4.86. The summed E-state index contributed by atoms with van der Waals surface area (Å²) < 4.78 is 17.0. The van der Waals surface area contributed by atoms with Crippen LogP contribution in [0, 0.1) is 0 Å². The van der Waals surface area contributed by atoms with Crippen LogP contribution in [0.2, 0.25) is 0 Å². The Morgan fingerprint density at radius 3 is 2.27 bits per heavy atom. The van der Waals surface area contributed by atoms with Crippen LogP contribution in [0.5, 0.6) is 0 Å². The molecule has 1 atom stereocenters. The molecule has 0 heterocycles. The van der Waals surface area contributed by atoms with Crippen LogP contribution in [-0.2, 0) is 20.3 Å². The highest BCUT2D eigenvalue weighted by Crippen LogP contribution is 2.17. The van der Waals surface area contributed by atoms with Crippen molar-refractivity contribution in [3.8, 4) is 0 Å². The zero-order chi connectivity index (χ0) is 19.1. The summed E-state index contributed by atoms with van der Waals surface area (Å²) in [4.78, 5) is 36.2. The fraction of sp³-hybridized carbons (Fsp3) is 0.211. The van der Waals surface area contributed by atoms with Crippen LogP contribution in [-0.4, -0.2) is 34.2 Å². The van der Waals surface area contributed by atoms with E-state index in [1.54, 1.807) is 49.4 Å². The number of nitrogens with one attached hydrogen (secondary N) is 1. The average Bonchev–Trinajstić information content (AvgIpc) is 2.65. The van der Waals surface area contributed by atoms with E-state index in [2.05, 4.69) is 5.32 Å². The van der Waals surface area contributed by atoms with Gasteiger partial charge in [0.05, 0.1) is 26.9 Å². The SMILES string of the molecule is CC[S@@](=O)c1ccccc1C(=O)OCC(=O)Nc1ccccc1C(C)=O. The molecule has 0 aliphatic heterocycles. The van der Waals surface area contributed by atoms with Crippen LogP contribution >= 0.6 is 0 Å². The number of hydrogen-bond donors (Lipinski definition) is 1. The first-order valence-electron chi connectivity index (χ1n) is 7.98. The van der Waals surface area contributed by atoms with Gasteiger partial charge in [0.1, 0.15) is 0 Å². The number of carbonyl (C=O) groups is 3. The summed E-state index contributed by atoms with van der Waals surface area (Å²) in [7, 11) is -1.32. The highest BCUT2D eigenvalue weighted by atomic mass is 32.2. The molecule has 2 rings (SSSR count). The molecule has 0 aromatic heterocycles. The fourth-order valence-corrected chi connectivity index (χ4v) is 3.22. The molecular formula is C19H19NO5S. The van der Waals surface area contributed by atoms with Gasteiger partial charge in [0.2, 0.25) is 0 Å². The first-order valence-corrected chi connectivity index (χ1v) is 9.30. The molecule has 2 aromatic rings. The Morgan fingerprint density at radius 2 is 1.62 bits per heavy atom. The average molecular weight is 373 g/mol. The lowest BCUT2D eigenvalue weighted by Crippen LogP contribution is -2.22. The number of benzene rings is 2. The largest absolute Gasteiger partial charge is 0.452 e. The van der Waals surface area contributed by atoms with Crippen LogP contribution in [0.3, 0.4) is 0 Å². The monoisotopic (exact) mass is 373 g/mol. The quantitative estimate of drug-likeness (QED) is 0.595. The highest BCUT2D eigenvalue weighted by Gasteiger charge is 2.17. The second-order valence-electron chi connectivity index (χ2n) is 5.36. The van der Waals surface area contributed by atoms with Crippen molar-refractivity contribution in [1.82, 2.24) is 0 Å². The molecule has 136 valence electrons. The number of anilines is 1. The Bertz CT molecular complexity index is 863. The molecule has 2 aromatic carbocycles. The lowest BCUT2D eigenvalue weighted by Gasteiger charge is -2.10. The minimum Gasteiger partial charge on any atom is -0.452 e. The van der Waals surface area contributed by atoms with Gasteiger partial charge in [-0.1, -0.05) is 31.2 Å². The molecule has 1 amide bonds. The second-order valence-corrected chi connectivity index (χ2v) is 7.06. The Morgan fingerprint density at radius 1 is 1.00 bits per heavy atom. The van der Waals surface area contributed by atoms with Gasteiger partial charge >= 0.3 is 5.97 Å². The van der Waals surface area contributed by atoms with E-state index in [-0.39, 0.29) is 11.3 Å². The van der Waals surface area contributed by atoms with Crippen molar-refractivity contribution in [2.24, 2.45) is 0 Å². The maximum absolute atomic E-state index is 12.2. The Balaban J connectivity index is 2.04. The predicted octanol–water partition coefficient (Wildman–Crippen LogP) is 2.81. The summed E-state index contributed by atoms with van der Waals surface area (Å²) in [5.74, 6) is -1.11. The van der Waals surface area contributed by atoms with Gasteiger partial charge < -0.3 is 10.1 Å². The molecule has 0 fully saturated rings. The van der Waals surface area contributed by atoms with Gasteiger partial charge in [-0.3, -0.25) is 13.8 Å². The van der Waals surface area contributed by atoms with Crippen LogP contribution in [0.25, 0.3) is 0 Å². The van der Waals surface area contributed by atoms with Crippen LogP contribution in [0.15, 0.2) is 53.4 Å². The molecule has 0 saturated carbocycles. The summed E-state index contributed by atoms with van der Waals surface area (Å²) in [6.07, 6.45) is 0. The third-order valence-corrected chi connectivity index (χ3v) is 4.90. The lowest BCUT2D eigenvalue weighted by atomic mass is 10.1. The van der Waals surface area contributed by atoms with Gasteiger partial charge in [0.25, 0.3) is 5.91 Å². The molecule has 7 heteroatoms. The second kappa shape index (κ2) is 9.05. The van der Waals surface area contributed by atoms with Gasteiger partial charge in [-0.05, 0) is 31.2 Å². The molecule has 0 unspecified atom stereocenters. The van der Waals surface area contributed by atoms with E-state index < -0.39 is 29.3 Å². The molecule has 0 radical (unpaired) electrons. The minimum absolute atomic E-state index is 0.171. The van der Waals surface area contributed by atoms with Gasteiger partial charge in [-0.2, -0.15) is 0 Å². The van der Waals surface area contributed by atoms with Crippen LogP contribution in [0.1, 0.15) is 34.6 Å². The zero-order valence-corrected chi connectivity index (χ0v) is 15.3. The number of rotatable bonds is 7. The Kier molecular flexibility index (Phi) is 6.80. The summed E-state index contributed by atoms with van der Waals surface area (Å²) in [5, 5.41) is 2.55. The zero-order valence-electron chi connectivity index (χ0n) is 14.5. The van der Waals surface area contributed by atoms with Crippen molar-refractivity contribution >= 4 is 34.1 Å². The van der Waals surface area contributed by atoms with E-state index >= 15 is 0 Å². The summed E-state index contributed by atoms with van der Waals surface area (Å²) in [6, 6.07) is 13.0. The molecule has 0 aliphatic carbocycles. The molecule has 0 bridgehead atoms. The normalized spacial score (nSPS) is 11.5. The van der Waals surface area contributed by atoms with Crippen LogP contribution < -0.4 is 5.32 Å². The van der Waals surface area contributed by atoms with Crippen molar-refractivity contribution < 1.29 is 23.3 Å². The number of Topliss-reactive ketones (excluding diaryl/α,β-unsaturated/α-hetero) is 1. The summed E-state index contributed by atoms with van der Waals surface area (Å²) in [5.41, 5.74) is 0.897. The van der Waals surface area contributed by atoms with Crippen molar-refractivity contribution in [1.29, 1.82) is 0 Å². The maximum Gasteiger partial charge on any atom is 0.339 e. The number of para-hydroxylation sites is 1. The molecule has 0 spiro atoms. The van der Waals surface area contributed by atoms with Gasteiger partial charge in [-0.25, -0.2) is 4.79 Å². The van der Waals surface area contributed by atoms with E-state index in [4.69, 9.17) is 4.74 Å². The molecule has 26 heavy (non-hydrogen) atoms. The van der Waals surface area contributed by atoms with Crippen molar-refractivity contribution in [3.05, 3.63) is 59.7 Å². The molecule has 0 aliphatic rings. The predicted molar refractivity (Wildman–Crippen MR) is 98.8 cm³/mol. The van der Waals surface area contributed by atoms with Crippen molar-refractivity contribution in [2.45, 2.75) is 18.7 Å². The minimum atomic E-state index is -1.32. The van der Waals surface area contributed by atoms with E-state index in [0.29, 0.717) is 21.9 Å². The van der Waals surface area contributed by atoms with E-state index in [9.17, 15) is 18.6 Å². The number of esters is 1. The lowest BCUT2D eigenvalue weighted by molar-refractivity contribution is -0.119. The maximum atomic E-state index is 12.2. The Labute approximate surface area is 154 Å². The smallest absolute Gasteiger partial charge is 0.339 e. The topological polar surface area (TPSA) is 89.5 Å². The van der Waals surface area contributed by atoms with E-state index in [0.717, 1.165) is 0 Å². The molecule has 1 N–H and O–H groups in total. The first-order chi connectivity index (χ1) is 12.4. The number of amides is 1. The number of carbonyl (C=O) groups excluding carboxylic acids is 3. The highest BCUT2D eigenvalue weighted by molar-refractivity contribution is 7.85. The number of ketones is 1. The van der Waals surface area contributed by atoms with E-state index in [1.165, 1.54) is 13.0 Å². The molecular weight excluding hydrogens is 354 g/mol. The standard InChI is InChI=1S/C19H19NO5S/c1-3-26(24)17-11-7-5-9-15(17)19(23)25-12-18(22)20-16-10-6-4-8-14(16)13(2)21/h4-11H,3,12H2,1-2H3,(H,20,22)/t26-/m1/s1. The van der Waals surface area contributed by atoms with Crippen molar-refractivity contribution in [3.63, 3.8) is 0 Å². The molecule has 0 saturated heterocycles. The number of hydrogen-bond acceptors (Lipinski definition) is 5. The van der Waals surface area contributed by atoms with E-state index in [1.807, 2.05) is 0 Å². The van der Waals surface area contributed by atoms with Gasteiger partial charge in [0.15, 0.2) is 12.4 Å². The van der Waals surface area contributed by atoms with Crippen molar-refractivity contribution in [2.75, 3.05) is 17.7 Å². The Hall–Kier alpha value is -2.80. The van der Waals surface area contributed by atoms with Gasteiger partial charge in [-0.15, -0.1) is 0 Å². The fourth-order valence-electron chi connectivity index (χ4n) is 2.28. The van der Waals surface area contributed by atoms with Gasteiger partial charge in [0, 0.05) is 11.3 Å². The number of ether oxygens (including phenoxy) is 1. The first kappa shape index (κ1) is 19.5. The summed E-state index contributed by atoms with van der Waals surface area (Å²) in [6.45, 7) is 2.63. The third-order valence-electron chi connectivity index (χ3n) is 3.53. The summed E-state index contributed by atoms with van der Waals surface area (Å²) >= 11 is 0. The van der Waals surface area contributed by atoms with Crippen LogP contribution in [0.4, 0.5) is 5.69 Å². The molecule has 6 nitrogen and oxygen atoms in total.